The van der Waals surface area contributed by atoms with E-state index in [0.29, 0.717) is 11.4 Å². The summed E-state index contributed by atoms with van der Waals surface area (Å²) in [5.74, 6) is 5.87. The molecule has 0 aromatic heterocycles. The lowest BCUT2D eigenvalue weighted by molar-refractivity contribution is -0.116. The van der Waals surface area contributed by atoms with Crippen LogP contribution in [0.15, 0.2) is 24.3 Å². The topological polar surface area (TPSA) is 55.6 Å². The fourth-order valence-corrected chi connectivity index (χ4v) is 0.998. The smallest absolute Gasteiger partial charge is 0.238 e. The lowest BCUT2D eigenvalue weighted by atomic mass is 10.3. The summed E-state index contributed by atoms with van der Waals surface area (Å²) in [6.45, 7) is 1.40. The van der Waals surface area contributed by atoms with Gasteiger partial charge in [0.15, 0.2) is 0 Å². The van der Waals surface area contributed by atoms with Crippen molar-refractivity contribution in [2.75, 3.05) is 12.1 Å². The predicted octanol–water partition coefficient (Wildman–Crippen LogP) is 0.922. The number of carbonyl (C=O) groups is 1. The number of nitrogens with zero attached hydrogens (tertiary/aromatic N) is 1. The highest BCUT2D eigenvalue weighted by atomic mass is 16.5. The van der Waals surface area contributed by atoms with Gasteiger partial charge in [-0.2, -0.15) is 0 Å². The second-order valence-electron chi connectivity index (χ2n) is 2.56. The molecule has 0 heterocycles. The highest BCUT2D eigenvalue weighted by Gasteiger charge is 2.10. The molecule has 1 aromatic rings. The zero-order chi connectivity index (χ0) is 9.84. The molecule has 0 saturated heterocycles. The second-order valence-corrected chi connectivity index (χ2v) is 2.56. The van der Waals surface area contributed by atoms with Gasteiger partial charge < -0.3 is 4.74 Å². The van der Waals surface area contributed by atoms with Crippen molar-refractivity contribution in [3.8, 4) is 5.75 Å². The zero-order valence-electron chi connectivity index (χ0n) is 7.65. The van der Waals surface area contributed by atoms with Crippen molar-refractivity contribution in [1.82, 2.24) is 0 Å². The van der Waals surface area contributed by atoms with E-state index in [1.165, 1.54) is 14.0 Å². The Morgan fingerprint density at radius 1 is 1.46 bits per heavy atom. The van der Waals surface area contributed by atoms with Gasteiger partial charge in [0, 0.05) is 6.92 Å². The first-order chi connectivity index (χ1) is 6.16. The third kappa shape index (κ3) is 1.97. The summed E-state index contributed by atoms with van der Waals surface area (Å²) in [4.78, 5) is 11.0. The van der Waals surface area contributed by atoms with Crippen LogP contribution in [0.4, 0.5) is 5.69 Å². The van der Waals surface area contributed by atoms with Crippen LogP contribution in [0.3, 0.4) is 0 Å². The maximum atomic E-state index is 11.0. The molecule has 1 rings (SSSR count). The first-order valence-electron chi connectivity index (χ1n) is 3.85. The number of para-hydroxylation sites is 2. The Labute approximate surface area is 76.9 Å². The molecular weight excluding hydrogens is 168 g/mol. The molecule has 0 unspecified atom stereocenters. The molecule has 0 spiro atoms. The molecule has 1 aromatic carbocycles. The Kier molecular flexibility index (Phi) is 2.87. The molecule has 70 valence electrons. The zero-order valence-corrected chi connectivity index (χ0v) is 7.65. The Bertz CT molecular complexity index is 312. The standard InChI is InChI=1S/C9H12N2O2/c1-7(12)11(10)8-5-3-4-6-9(8)13-2/h3-6H,10H2,1-2H3. The molecule has 0 saturated carbocycles. The number of nitrogens with two attached hydrogens (primary N) is 1. The van der Waals surface area contributed by atoms with E-state index >= 15 is 0 Å². The number of amides is 1. The van der Waals surface area contributed by atoms with Crippen molar-refractivity contribution in [1.29, 1.82) is 0 Å². The molecule has 1 amide bonds. The molecule has 0 atom stereocenters. The third-order valence-corrected chi connectivity index (χ3v) is 1.68. The van der Waals surface area contributed by atoms with Gasteiger partial charge in [0.2, 0.25) is 5.91 Å². The van der Waals surface area contributed by atoms with Gasteiger partial charge in [0.05, 0.1) is 7.11 Å². The maximum Gasteiger partial charge on any atom is 0.238 e. The van der Waals surface area contributed by atoms with Gasteiger partial charge in [0.25, 0.3) is 0 Å². The average molecular weight is 180 g/mol. The molecule has 4 nitrogen and oxygen atoms in total. The second kappa shape index (κ2) is 3.91. The number of hydrazine groups is 1. The highest BCUT2D eigenvalue weighted by molar-refractivity contribution is 5.91. The lowest BCUT2D eigenvalue weighted by Crippen LogP contribution is -2.35. The van der Waals surface area contributed by atoms with Crippen molar-refractivity contribution >= 4 is 11.6 Å². The Balaban J connectivity index is 3.05. The fraction of sp³-hybridized carbons (Fsp3) is 0.222. The number of carbonyl (C=O) groups excluding carboxylic acids is 1. The van der Waals surface area contributed by atoms with E-state index in [2.05, 4.69) is 0 Å². The van der Waals surface area contributed by atoms with Gasteiger partial charge >= 0.3 is 0 Å². The molecule has 4 heteroatoms. The molecule has 0 aliphatic rings. The number of rotatable bonds is 2. The van der Waals surface area contributed by atoms with Crippen molar-refractivity contribution < 1.29 is 9.53 Å². The van der Waals surface area contributed by atoms with Crippen molar-refractivity contribution in [2.45, 2.75) is 6.92 Å². The number of anilines is 1. The summed E-state index contributed by atoms with van der Waals surface area (Å²) >= 11 is 0. The normalized spacial score (nSPS) is 9.46. The van der Waals surface area contributed by atoms with E-state index in [4.69, 9.17) is 10.6 Å². The molecule has 0 aliphatic heterocycles. The van der Waals surface area contributed by atoms with Gasteiger partial charge in [-0.25, -0.2) is 10.9 Å². The van der Waals surface area contributed by atoms with Gasteiger partial charge in [-0.15, -0.1) is 0 Å². The third-order valence-electron chi connectivity index (χ3n) is 1.68. The van der Waals surface area contributed by atoms with E-state index in [9.17, 15) is 4.79 Å². The summed E-state index contributed by atoms with van der Waals surface area (Å²) in [6.07, 6.45) is 0. The van der Waals surface area contributed by atoms with E-state index in [1.54, 1.807) is 18.2 Å². The van der Waals surface area contributed by atoms with Crippen LogP contribution >= 0.6 is 0 Å². The fourth-order valence-electron chi connectivity index (χ4n) is 0.998. The maximum absolute atomic E-state index is 11.0. The van der Waals surface area contributed by atoms with Crippen LogP contribution in [-0.2, 0) is 4.79 Å². The monoisotopic (exact) mass is 180 g/mol. The number of benzene rings is 1. The largest absolute Gasteiger partial charge is 0.495 e. The summed E-state index contributed by atoms with van der Waals surface area (Å²) < 4.78 is 5.04. The SMILES string of the molecule is COc1ccccc1N(N)C(C)=O. The van der Waals surface area contributed by atoms with E-state index in [0.717, 1.165) is 5.01 Å². The summed E-state index contributed by atoms with van der Waals surface area (Å²) in [5.41, 5.74) is 0.567. The van der Waals surface area contributed by atoms with Crippen LogP contribution in [0.2, 0.25) is 0 Å². The number of hydrogen-bond donors (Lipinski definition) is 1. The van der Waals surface area contributed by atoms with E-state index < -0.39 is 0 Å². The van der Waals surface area contributed by atoms with Gasteiger partial charge in [-0.3, -0.25) is 4.79 Å². The lowest BCUT2D eigenvalue weighted by Gasteiger charge is -2.16. The predicted molar refractivity (Wildman–Crippen MR) is 50.3 cm³/mol. The minimum Gasteiger partial charge on any atom is -0.495 e. The van der Waals surface area contributed by atoms with E-state index in [-0.39, 0.29) is 5.91 Å². The minimum absolute atomic E-state index is 0.232. The van der Waals surface area contributed by atoms with Gasteiger partial charge in [-0.05, 0) is 12.1 Å². The quantitative estimate of drug-likeness (QED) is 0.418. The molecule has 0 radical (unpaired) electrons. The summed E-state index contributed by atoms with van der Waals surface area (Å²) in [7, 11) is 1.53. The summed E-state index contributed by atoms with van der Waals surface area (Å²) in [5, 5.41) is 1.05. The van der Waals surface area contributed by atoms with E-state index in [1.807, 2.05) is 6.07 Å². The number of ether oxygens (including phenoxy) is 1. The van der Waals surface area contributed by atoms with Crippen LogP contribution in [0.1, 0.15) is 6.92 Å². The first kappa shape index (κ1) is 9.54. The molecule has 13 heavy (non-hydrogen) atoms. The molecule has 0 aliphatic carbocycles. The van der Waals surface area contributed by atoms with Gasteiger partial charge in [-0.1, -0.05) is 12.1 Å². The van der Waals surface area contributed by atoms with Crippen molar-refractivity contribution in [2.24, 2.45) is 5.84 Å². The van der Waals surface area contributed by atoms with Crippen molar-refractivity contribution in [3.05, 3.63) is 24.3 Å². The highest BCUT2D eigenvalue weighted by Crippen LogP contribution is 2.25. The Morgan fingerprint density at radius 2 is 2.08 bits per heavy atom. The molecular formula is C9H12N2O2. The first-order valence-corrected chi connectivity index (χ1v) is 3.85. The van der Waals surface area contributed by atoms with Crippen LogP contribution in [-0.4, -0.2) is 13.0 Å². The van der Waals surface area contributed by atoms with Crippen LogP contribution < -0.4 is 15.6 Å². The van der Waals surface area contributed by atoms with Crippen molar-refractivity contribution in [3.63, 3.8) is 0 Å². The van der Waals surface area contributed by atoms with Crippen LogP contribution in [0, 0.1) is 0 Å². The van der Waals surface area contributed by atoms with Crippen LogP contribution in [0.25, 0.3) is 0 Å². The average Bonchev–Trinajstić information content (AvgIpc) is 2.16. The minimum atomic E-state index is -0.232. The van der Waals surface area contributed by atoms with Gasteiger partial charge in [0.1, 0.15) is 11.4 Å². The molecule has 0 fully saturated rings. The molecule has 0 bridgehead atoms. The Morgan fingerprint density at radius 3 is 2.62 bits per heavy atom. The number of methoxy groups -OCH3 is 1. The molecule has 2 N–H and O–H groups in total. The summed E-state index contributed by atoms with van der Waals surface area (Å²) in [6, 6.07) is 7.08. The van der Waals surface area contributed by atoms with Crippen LogP contribution in [0.5, 0.6) is 5.75 Å². The Hall–Kier alpha value is -1.55. The number of hydrogen-bond acceptors (Lipinski definition) is 3.